The first-order valence-corrected chi connectivity index (χ1v) is 7.84. The fourth-order valence-electron chi connectivity index (χ4n) is 2.04. The molecule has 26 heavy (non-hydrogen) atoms. The van der Waals surface area contributed by atoms with E-state index in [1.807, 2.05) is 0 Å². The van der Waals surface area contributed by atoms with E-state index in [4.69, 9.17) is 4.74 Å². The van der Waals surface area contributed by atoms with Crippen LogP contribution < -0.4 is 10.1 Å². The van der Waals surface area contributed by atoms with Crippen LogP contribution in [0.1, 0.15) is 24.2 Å². The van der Waals surface area contributed by atoms with Gasteiger partial charge in [0.25, 0.3) is 5.91 Å². The van der Waals surface area contributed by atoms with Gasteiger partial charge < -0.3 is 24.8 Å². The molecule has 1 aromatic rings. The van der Waals surface area contributed by atoms with Crippen LogP contribution >= 0.6 is 0 Å². The third-order valence-corrected chi connectivity index (χ3v) is 3.48. The van der Waals surface area contributed by atoms with Crippen LogP contribution in [-0.4, -0.2) is 66.6 Å². The molecule has 0 aliphatic rings. The Bertz CT molecular complexity index is 675. The molecule has 142 valence electrons. The Kier molecular flexibility index (Phi) is 8.07. The molecule has 0 aliphatic heterocycles. The average molecular weight is 366 g/mol. The van der Waals surface area contributed by atoms with E-state index < -0.39 is 23.9 Å². The second-order valence-electron chi connectivity index (χ2n) is 5.39. The minimum atomic E-state index is -1.17. The number of nitrogens with zero attached hydrogens (tertiary/aromatic N) is 1. The highest BCUT2D eigenvalue weighted by atomic mass is 16.6. The maximum Gasteiger partial charge on any atom is 0.343 e. The Morgan fingerprint density at radius 2 is 1.96 bits per heavy atom. The highest BCUT2D eigenvalue weighted by Gasteiger charge is 2.26. The maximum atomic E-state index is 12.7. The van der Waals surface area contributed by atoms with Gasteiger partial charge in [-0.25, -0.2) is 9.59 Å². The molecule has 1 unspecified atom stereocenters. The number of hydrogen-bond donors (Lipinski definition) is 2. The third-order valence-electron chi connectivity index (χ3n) is 3.48. The molecule has 0 fully saturated rings. The van der Waals surface area contributed by atoms with Crippen LogP contribution in [-0.2, 0) is 19.1 Å². The third kappa shape index (κ3) is 6.42. The number of nitrogens with one attached hydrogen (secondary N) is 1. The van der Waals surface area contributed by atoms with Gasteiger partial charge in [0, 0.05) is 25.6 Å². The van der Waals surface area contributed by atoms with Crippen molar-refractivity contribution in [1.29, 1.82) is 0 Å². The fraction of sp³-hybridized carbons (Fsp3) is 0.412. The summed E-state index contributed by atoms with van der Waals surface area (Å²) in [5.74, 6) is -2.28. The number of ether oxygens (including phenoxy) is 2. The largest absolute Gasteiger partial charge is 0.482 e. The summed E-state index contributed by atoms with van der Waals surface area (Å²) in [7, 11) is 1.23. The SMILES string of the molecule is COC(=O)COc1cccc(C(=O)N(CCNC(C)=O)C(C)C(=O)O)c1. The van der Waals surface area contributed by atoms with Crippen LogP contribution in [0.2, 0.25) is 0 Å². The summed E-state index contributed by atoms with van der Waals surface area (Å²) >= 11 is 0. The molecular formula is C17H22N2O7. The summed E-state index contributed by atoms with van der Waals surface area (Å²) in [6.45, 7) is 2.54. The molecule has 0 aromatic heterocycles. The molecule has 0 aliphatic carbocycles. The zero-order valence-electron chi connectivity index (χ0n) is 14.9. The Balaban J connectivity index is 2.93. The van der Waals surface area contributed by atoms with E-state index in [1.165, 1.54) is 33.1 Å². The van der Waals surface area contributed by atoms with E-state index in [0.717, 1.165) is 4.90 Å². The molecule has 9 nitrogen and oxygen atoms in total. The lowest BCUT2D eigenvalue weighted by Crippen LogP contribution is -2.46. The summed E-state index contributed by atoms with van der Waals surface area (Å²) < 4.78 is 9.70. The average Bonchev–Trinajstić information content (AvgIpc) is 2.62. The number of esters is 1. The Morgan fingerprint density at radius 1 is 1.27 bits per heavy atom. The second kappa shape index (κ2) is 10.0. The minimum absolute atomic E-state index is 0.0269. The van der Waals surface area contributed by atoms with Gasteiger partial charge in [0.1, 0.15) is 11.8 Å². The van der Waals surface area contributed by atoms with Crippen LogP contribution in [0, 0.1) is 0 Å². The first kappa shape index (κ1) is 20.9. The van der Waals surface area contributed by atoms with Gasteiger partial charge in [-0.15, -0.1) is 0 Å². The lowest BCUT2D eigenvalue weighted by Gasteiger charge is -2.26. The summed E-state index contributed by atoms with van der Waals surface area (Å²) in [4.78, 5) is 47.3. The van der Waals surface area contributed by atoms with E-state index in [2.05, 4.69) is 10.1 Å². The van der Waals surface area contributed by atoms with Crippen molar-refractivity contribution in [1.82, 2.24) is 10.2 Å². The van der Waals surface area contributed by atoms with Crippen molar-refractivity contribution in [3.63, 3.8) is 0 Å². The summed E-state index contributed by atoms with van der Waals surface area (Å²) in [5.41, 5.74) is 0.197. The van der Waals surface area contributed by atoms with Gasteiger partial charge in [-0.05, 0) is 25.1 Å². The van der Waals surface area contributed by atoms with Crippen molar-refractivity contribution >= 4 is 23.8 Å². The monoisotopic (exact) mass is 366 g/mol. The van der Waals surface area contributed by atoms with Gasteiger partial charge in [-0.1, -0.05) is 6.07 Å². The molecule has 0 radical (unpaired) electrons. The van der Waals surface area contributed by atoms with E-state index in [1.54, 1.807) is 12.1 Å². The second-order valence-corrected chi connectivity index (χ2v) is 5.39. The number of aliphatic carboxylic acids is 1. The molecule has 0 heterocycles. The van der Waals surface area contributed by atoms with Crippen LogP contribution in [0.5, 0.6) is 5.75 Å². The molecule has 0 saturated carbocycles. The van der Waals surface area contributed by atoms with Crippen LogP contribution in [0.25, 0.3) is 0 Å². The number of carboxylic acid groups (broad SMARTS) is 1. The highest BCUT2D eigenvalue weighted by Crippen LogP contribution is 2.16. The van der Waals surface area contributed by atoms with Gasteiger partial charge in [-0.2, -0.15) is 0 Å². The maximum absolute atomic E-state index is 12.7. The lowest BCUT2D eigenvalue weighted by atomic mass is 10.1. The van der Waals surface area contributed by atoms with Crippen molar-refractivity contribution in [3.8, 4) is 5.75 Å². The molecule has 0 bridgehead atoms. The van der Waals surface area contributed by atoms with Crippen molar-refractivity contribution in [3.05, 3.63) is 29.8 Å². The number of hydrogen-bond acceptors (Lipinski definition) is 6. The molecule has 0 saturated heterocycles. The first-order valence-electron chi connectivity index (χ1n) is 7.84. The van der Waals surface area contributed by atoms with Crippen molar-refractivity contribution in [2.45, 2.75) is 19.9 Å². The molecule has 1 atom stereocenters. The number of carbonyl (C=O) groups excluding carboxylic acids is 3. The van der Waals surface area contributed by atoms with Crippen LogP contribution in [0.15, 0.2) is 24.3 Å². The van der Waals surface area contributed by atoms with E-state index in [-0.39, 0.29) is 36.9 Å². The standard InChI is InChI=1S/C17H22N2O7/c1-11(17(23)24)19(8-7-18-12(2)20)16(22)13-5-4-6-14(9-13)26-10-15(21)25-3/h4-6,9,11H,7-8,10H2,1-3H3,(H,18,20)(H,23,24). The van der Waals surface area contributed by atoms with Gasteiger partial charge in [0.2, 0.25) is 5.91 Å². The molecule has 9 heteroatoms. The zero-order chi connectivity index (χ0) is 19.7. The summed E-state index contributed by atoms with van der Waals surface area (Å²) in [6, 6.07) is 4.94. The number of benzene rings is 1. The molecule has 2 N–H and O–H groups in total. The van der Waals surface area contributed by atoms with Gasteiger partial charge in [0.05, 0.1) is 7.11 Å². The number of carboxylic acids is 1. The summed E-state index contributed by atoms with van der Waals surface area (Å²) in [6.07, 6.45) is 0. The summed E-state index contributed by atoms with van der Waals surface area (Å²) in [5, 5.41) is 11.8. The Morgan fingerprint density at radius 3 is 2.54 bits per heavy atom. The quantitative estimate of drug-likeness (QED) is 0.602. The van der Waals surface area contributed by atoms with Crippen molar-refractivity contribution in [2.75, 3.05) is 26.8 Å². The van der Waals surface area contributed by atoms with Crippen molar-refractivity contribution < 1.29 is 33.8 Å². The topological polar surface area (TPSA) is 122 Å². The predicted molar refractivity (Wildman–Crippen MR) is 90.8 cm³/mol. The normalized spacial score (nSPS) is 11.2. The molecule has 0 spiro atoms. The van der Waals surface area contributed by atoms with Crippen molar-refractivity contribution in [2.24, 2.45) is 0 Å². The van der Waals surface area contributed by atoms with E-state index >= 15 is 0 Å². The highest BCUT2D eigenvalue weighted by molar-refractivity contribution is 5.97. The van der Waals surface area contributed by atoms with Gasteiger partial charge >= 0.3 is 11.9 Å². The predicted octanol–water partition coefficient (Wildman–Crippen LogP) is 0.290. The fourth-order valence-corrected chi connectivity index (χ4v) is 2.04. The van der Waals surface area contributed by atoms with Crippen LogP contribution in [0.4, 0.5) is 0 Å². The zero-order valence-corrected chi connectivity index (χ0v) is 14.9. The smallest absolute Gasteiger partial charge is 0.343 e. The number of methoxy groups -OCH3 is 1. The van der Waals surface area contributed by atoms with E-state index in [0.29, 0.717) is 0 Å². The molecular weight excluding hydrogens is 344 g/mol. The van der Waals surface area contributed by atoms with Crippen LogP contribution in [0.3, 0.4) is 0 Å². The van der Waals surface area contributed by atoms with Gasteiger partial charge in [-0.3, -0.25) is 9.59 Å². The molecule has 1 aromatic carbocycles. The van der Waals surface area contributed by atoms with Gasteiger partial charge in [0.15, 0.2) is 6.61 Å². The molecule has 2 amide bonds. The lowest BCUT2D eigenvalue weighted by molar-refractivity contribution is -0.143. The minimum Gasteiger partial charge on any atom is -0.482 e. The Labute approximate surface area is 150 Å². The number of amides is 2. The molecule has 1 rings (SSSR count). The van der Waals surface area contributed by atoms with E-state index in [9.17, 15) is 24.3 Å². The Hall–Kier alpha value is -3.10. The number of carbonyl (C=O) groups is 4. The number of rotatable bonds is 9. The first-order chi connectivity index (χ1) is 12.3.